The first-order valence-corrected chi connectivity index (χ1v) is 8.80. The molecule has 0 aromatic carbocycles. The standard InChI is InChI=1S/C11H21BrN2O4S/c1-8(2)18-11(15)14-19(16,17)13-7-9-3-5-10(12)6-4-9/h8-10,13H,3-7H2,1-2H3,(H,14,15). The summed E-state index contributed by atoms with van der Waals surface area (Å²) in [6.45, 7) is 3.65. The maximum absolute atomic E-state index is 11.6. The molecule has 8 heteroatoms. The Labute approximate surface area is 123 Å². The molecule has 1 saturated carbocycles. The highest BCUT2D eigenvalue weighted by atomic mass is 79.9. The molecule has 1 fully saturated rings. The van der Waals surface area contributed by atoms with Gasteiger partial charge in [0.25, 0.3) is 0 Å². The van der Waals surface area contributed by atoms with Crippen LogP contribution in [0.4, 0.5) is 4.79 Å². The van der Waals surface area contributed by atoms with E-state index >= 15 is 0 Å². The molecule has 0 radical (unpaired) electrons. The van der Waals surface area contributed by atoms with Crippen molar-refractivity contribution >= 4 is 32.2 Å². The lowest BCUT2D eigenvalue weighted by molar-refractivity contribution is 0.121. The fourth-order valence-electron chi connectivity index (χ4n) is 1.94. The van der Waals surface area contributed by atoms with Crippen LogP contribution >= 0.6 is 15.9 Å². The molecule has 1 amide bonds. The van der Waals surface area contributed by atoms with E-state index in [9.17, 15) is 13.2 Å². The predicted molar refractivity (Wildman–Crippen MR) is 76.3 cm³/mol. The van der Waals surface area contributed by atoms with Crippen molar-refractivity contribution in [2.45, 2.75) is 50.5 Å². The number of hydrogen-bond donors (Lipinski definition) is 2. The molecular weight excluding hydrogens is 336 g/mol. The minimum atomic E-state index is -3.83. The summed E-state index contributed by atoms with van der Waals surface area (Å²) in [6.07, 6.45) is 2.75. The second-order valence-corrected chi connectivity index (χ2v) is 7.82. The highest BCUT2D eigenvalue weighted by Crippen LogP contribution is 2.28. The Morgan fingerprint density at radius 3 is 2.42 bits per heavy atom. The first-order chi connectivity index (χ1) is 8.78. The number of amides is 1. The highest BCUT2D eigenvalue weighted by molar-refractivity contribution is 9.09. The topological polar surface area (TPSA) is 84.5 Å². The monoisotopic (exact) mass is 356 g/mol. The molecule has 0 unspecified atom stereocenters. The average molecular weight is 357 g/mol. The maximum atomic E-state index is 11.6. The lowest BCUT2D eigenvalue weighted by atomic mass is 9.89. The molecule has 0 aromatic heterocycles. The Morgan fingerprint density at radius 2 is 1.89 bits per heavy atom. The lowest BCUT2D eigenvalue weighted by Gasteiger charge is -2.25. The van der Waals surface area contributed by atoms with E-state index in [0.29, 0.717) is 17.3 Å². The summed E-state index contributed by atoms with van der Waals surface area (Å²) >= 11 is 3.55. The summed E-state index contributed by atoms with van der Waals surface area (Å²) in [7, 11) is -3.83. The Kier molecular flexibility index (Phi) is 6.55. The maximum Gasteiger partial charge on any atom is 0.422 e. The van der Waals surface area contributed by atoms with Crippen molar-refractivity contribution < 1.29 is 17.9 Å². The van der Waals surface area contributed by atoms with Crippen molar-refractivity contribution in [3.63, 3.8) is 0 Å². The molecule has 1 aliphatic rings. The molecule has 19 heavy (non-hydrogen) atoms. The molecule has 0 aromatic rings. The summed E-state index contributed by atoms with van der Waals surface area (Å²) in [5.74, 6) is 0.325. The van der Waals surface area contributed by atoms with Gasteiger partial charge in [-0.25, -0.2) is 9.52 Å². The van der Waals surface area contributed by atoms with E-state index in [0.717, 1.165) is 25.7 Å². The van der Waals surface area contributed by atoms with Gasteiger partial charge in [-0.3, -0.25) is 0 Å². The number of ether oxygens (including phenoxy) is 1. The Morgan fingerprint density at radius 1 is 1.32 bits per heavy atom. The SMILES string of the molecule is CC(C)OC(=O)NS(=O)(=O)NCC1CCC(Br)CC1. The van der Waals surface area contributed by atoms with Crippen LogP contribution in [-0.4, -0.2) is 32.0 Å². The smallest absolute Gasteiger partial charge is 0.422 e. The minimum absolute atomic E-state index is 0.325. The van der Waals surface area contributed by atoms with Gasteiger partial charge in [-0.05, 0) is 45.4 Å². The molecule has 0 aliphatic heterocycles. The van der Waals surface area contributed by atoms with Crippen molar-refractivity contribution in [1.82, 2.24) is 9.44 Å². The molecule has 0 heterocycles. The van der Waals surface area contributed by atoms with E-state index in [1.807, 2.05) is 4.72 Å². The van der Waals surface area contributed by atoms with Crippen LogP contribution in [-0.2, 0) is 14.9 Å². The number of alkyl halides is 1. The van der Waals surface area contributed by atoms with Crippen LogP contribution in [0, 0.1) is 5.92 Å². The van der Waals surface area contributed by atoms with Crippen molar-refractivity contribution in [2.75, 3.05) is 6.54 Å². The fourth-order valence-corrected chi connectivity index (χ4v) is 3.26. The summed E-state index contributed by atoms with van der Waals surface area (Å²) < 4.78 is 32.1. The van der Waals surface area contributed by atoms with Gasteiger partial charge in [-0.2, -0.15) is 13.1 Å². The van der Waals surface area contributed by atoms with Gasteiger partial charge in [-0.1, -0.05) is 15.9 Å². The number of carbonyl (C=O) groups is 1. The average Bonchev–Trinajstić information content (AvgIpc) is 2.26. The zero-order valence-electron chi connectivity index (χ0n) is 11.2. The van der Waals surface area contributed by atoms with Gasteiger partial charge < -0.3 is 4.74 Å². The van der Waals surface area contributed by atoms with E-state index in [4.69, 9.17) is 4.74 Å². The Hall–Kier alpha value is -0.340. The third-order valence-corrected chi connectivity index (χ3v) is 4.80. The van der Waals surface area contributed by atoms with Gasteiger partial charge in [0, 0.05) is 11.4 Å². The van der Waals surface area contributed by atoms with Gasteiger partial charge in [0.2, 0.25) is 0 Å². The summed E-state index contributed by atoms with van der Waals surface area (Å²) in [5.41, 5.74) is 0. The normalized spacial score (nSPS) is 24.2. The fraction of sp³-hybridized carbons (Fsp3) is 0.909. The number of halogens is 1. The van der Waals surface area contributed by atoms with Crippen molar-refractivity contribution in [1.29, 1.82) is 0 Å². The largest absolute Gasteiger partial charge is 0.446 e. The molecule has 0 atom stereocenters. The third-order valence-electron chi connectivity index (χ3n) is 2.90. The third kappa shape index (κ3) is 7.12. The number of carbonyl (C=O) groups excluding carboxylic acids is 1. The van der Waals surface area contributed by atoms with Crippen molar-refractivity contribution in [3.8, 4) is 0 Å². The van der Waals surface area contributed by atoms with Crippen LogP contribution in [0.1, 0.15) is 39.5 Å². The van der Waals surface area contributed by atoms with Crippen LogP contribution in [0.2, 0.25) is 0 Å². The van der Waals surface area contributed by atoms with E-state index in [1.165, 1.54) is 0 Å². The van der Waals surface area contributed by atoms with Gasteiger partial charge in [0.15, 0.2) is 0 Å². The van der Waals surface area contributed by atoms with Crippen molar-refractivity contribution in [2.24, 2.45) is 5.92 Å². The van der Waals surface area contributed by atoms with E-state index in [2.05, 4.69) is 20.7 Å². The van der Waals surface area contributed by atoms with E-state index < -0.39 is 16.3 Å². The highest BCUT2D eigenvalue weighted by Gasteiger charge is 2.22. The van der Waals surface area contributed by atoms with E-state index in [-0.39, 0.29) is 6.10 Å². The second-order valence-electron chi connectivity index (χ2n) is 5.03. The van der Waals surface area contributed by atoms with Crippen LogP contribution in [0.3, 0.4) is 0 Å². The molecule has 0 bridgehead atoms. The molecule has 1 aliphatic carbocycles. The Balaban J connectivity index is 2.32. The molecule has 6 nitrogen and oxygen atoms in total. The molecule has 0 saturated heterocycles. The molecular formula is C11H21BrN2O4S. The summed E-state index contributed by atoms with van der Waals surface area (Å²) in [6, 6.07) is 0. The summed E-state index contributed by atoms with van der Waals surface area (Å²) in [4.78, 5) is 11.7. The van der Waals surface area contributed by atoms with Crippen LogP contribution in [0.15, 0.2) is 0 Å². The number of nitrogens with one attached hydrogen (secondary N) is 2. The second kappa shape index (κ2) is 7.44. The summed E-state index contributed by atoms with van der Waals surface area (Å²) in [5, 5.41) is 0. The van der Waals surface area contributed by atoms with Gasteiger partial charge in [0.05, 0.1) is 6.10 Å². The zero-order chi connectivity index (χ0) is 14.5. The van der Waals surface area contributed by atoms with Gasteiger partial charge in [-0.15, -0.1) is 0 Å². The molecule has 1 rings (SSSR count). The van der Waals surface area contributed by atoms with Gasteiger partial charge in [0.1, 0.15) is 0 Å². The molecule has 2 N–H and O–H groups in total. The van der Waals surface area contributed by atoms with Gasteiger partial charge >= 0.3 is 16.3 Å². The van der Waals surface area contributed by atoms with Crippen LogP contribution in [0.25, 0.3) is 0 Å². The first kappa shape index (κ1) is 16.7. The lowest BCUT2D eigenvalue weighted by Crippen LogP contribution is -2.43. The first-order valence-electron chi connectivity index (χ1n) is 6.40. The number of hydrogen-bond acceptors (Lipinski definition) is 4. The Bertz CT molecular complexity index is 391. The minimum Gasteiger partial charge on any atom is -0.446 e. The molecule has 0 spiro atoms. The predicted octanol–water partition coefficient (Wildman–Crippen LogP) is 1.91. The van der Waals surface area contributed by atoms with E-state index in [1.54, 1.807) is 13.8 Å². The van der Waals surface area contributed by atoms with Crippen LogP contribution in [0.5, 0.6) is 0 Å². The quantitative estimate of drug-likeness (QED) is 0.736. The van der Waals surface area contributed by atoms with Crippen LogP contribution < -0.4 is 9.44 Å². The number of rotatable bonds is 5. The zero-order valence-corrected chi connectivity index (χ0v) is 13.6. The van der Waals surface area contributed by atoms with Crippen molar-refractivity contribution in [3.05, 3.63) is 0 Å². The molecule has 112 valence electrons.